The first-order valence-corrected chi connectivity index (χ1v) is 8.67. The third-order valence-electron chi connectivity index (χ3n) is 4.80. The van der Waals surface area contributed by atoms with Gasteiger partial charge < -0.3 is 14.4 Å². The number of carbonyl (C=O) groups excluding carboxylic acids is 1. The summed E-state index contributed by atoms with van der Waals surface area (Å²) in [6, 6.07) is 10.4. The van der Waals surface area contributed by atoms with E-state index in [1.165, 1.54) is 11.1 Å². The minimum Gasteiger partial charge on any atom is -0.367 e. The van der Waals surface area contributed by atoms with E-state index >= 15 is 0 Å². The molecular weight excluding hydrogens is 314 g/mol. The van der Waals surface area contributed by atoms with Crippen molar-refractivity contribution in [2.24, 2.45) is 0 Å². The standard InChI is InChI=1S/C19H21N5O/c1-2-19(25)23-12-10-22(11-13-23)16-4-3-5-17-15(16)7-9-24(17)18-6-8-20-14-21-18/h3-9,14H,2,10-13H2,1H3. The Balaban J connectivity index is 1.64. The molecule has 2 aromatic heterocycles. The van der Waals surface area contributed by atoms with Crippen LogP contribution in [0.25, 0.3) is 16.7 Å². The van der Waals surface area contributed by atoms with Gasteiger partial charge in [0.25, 0.3) is 0 Å². The molecule has 128 valence electrons. The predicted octanol–water partition coefficient (Wildman–Crippen LogP) is 2.48. The average Bonchev–Trinajstić information content (AvgIpc) is 3.12. The Bertz CT molecular complexity index is 881. The normalized spacial score (nSPS) is 14.9. The number of nitrogens with zero attached hydrogens (tertiary/aromatic N) is 5. The van der Waals surface area contributed by atoms with Gasteiger partial charge in [0.15, 0.2) is 0 Å². The van der Waals surface area contributed by atoms with Crippen LogP contribution in [0.5, 0.6) is 0 Å². The molecule has 0 radical (unpaired) electrons. The molecule has 0 bridgehead atoms. The van der Waals surface area contributed by atoms with Crippen LogP contribution in [0.1, 0.15) is 13.3 Å². The van der Waals surface area contributed by atoms with E-state index in [9.17, 15) is 4.79 Å². The van der Waals surface area contributed by atoms with Crippen molar-refractivity contribution in [3.05, 3.63) is 49.1 Å². The Kier molecular flexibility index (Phi) is 4.09. The van der Waals surface area contributed by atoms with E-state index in [0.717, 1.165) is 37.5 Å². The van der Waals surface area contributed by atoms with Gasteiger partial charge in [-0.3, -0.25) is 4.79 Å². The largest absolute Gasteiger partial charge is 0.367 e. The van der Waals surface area contributed by atoms with Crippen molar-refractivity contribution in [3.8, 4) is 5.82 Å². The molecular formula is C19H21N5O. The second kappa shape index (κ2) is 6.55. The fourth-order valence-corrected chi connectivity index (χ4v) is 3.47. The van der Waals surface area contributed by atoms with E-state index in [-0.39, 0.29) is 5.91 Å². The maximum Gasteiger partial charge on any atom is 0.222 e. The lowest BCUT2D eigenvalue weighted by Gasteiger charge is -2.36. The molecule has 4 rings (SSSR count). The van der Waals surface area contributed by atoms with Gasteiger partial charge in [-0.05, 0) is 24.3 Å². The molecule has 0 spiro atoms. The van der Waals surface area contributed by atoms with E-state index in [1.54, 1.807) is 12.5 Å². The van der Waals surface area contributed by atoms with Gasteiger partial charge in [0, 0.05) is 56.1 Å². The lowest BCUT2D eigenvalue weighted by molar-refractivity contribution is -0.131. The maximum absolute atomic E-state index is 11.9. The average molecular weight is 335 g/mol. The summed E-state index contributed by atoms with van der Waals surface area (Å²) < 4.78 is 2.08. The number of anilines is 1. The molecule has 0 aliphatic carbocycles. The van der Waals surface area contributed by atoms with Crippen molar-refractivity contribution in [2.75, 3.05) is 31.1 Å². The summed E-state index contributed by atoms with van der Waals surface area (Å²) in [7, 11) is 0. The van der Waals surface area contributed by atoms with Crippen LogP contribution in [0.15, 0.2) is 49.1 Å². The van der Waals surface area contributed by atoms with Gasteiger partial charge in [-0.15, -0.1) is 0 Å². The van der Waals surface area contributed by atoms with Crippen LogP contribution in [0, 0.1) is 0 Å². The number of benzene rings is 1. The lowest BCUT2D eigenvalue weighted by atomic mass is 10.1. The molecule has 6 heteroatoms. The number of fused-ring (bicyclic) bond motifs is 1. The summed E-state index contributed by atoms with van der Waals surface area (Å²) in [5.41, 5.74) is 2.34. The number of carbonyl (C=O) groups is 1. The summed E-state index contributed by atoms with van der Waals surface area (Å²) in [6.45, 7) is 5.23. The van der Waals surface area contributed by atoms with E-state index in [4.69, 9.17) is 0 Å². The summed E-state index contributed by atoms with van der Waals surface area (Å²) in [5, 5.41) is 1.20. The Morgan fingerprint density at radius 2 is 1.96 bits per heavy atom. The molecule has 1 aliphatic rings. The Morgan fingerprint density at radius 3 is 2.68 bits per heavy atom. The highest BCUT2D eigenvalue weighted by molar-refractivity contribution is 5.94. The number of hydrogen-bond acceptors (Lipinski definition) is 4. The first-order chi connectivity index (χ1) is 12.3. The van der Waals surface area contributed by atoms with Gasteiger partial charge in [-0.25, -0.2) is 9.97 Å². The molecule has 0 atom stereocenters. The number of amides is 1. The van der Waals surface area contributed by atoms with Gasteiger partial charge in [-0.1, -0.05) is 13.0 Å². The highest BCUT2D eigenvalue weighted by atomic mass is 16.2. The van der Waals surface area contributed by atoms with E-state index in [1.807, 2.05) is 24.1 Å². The summed E-state index contributed by atoms with van der Waals surface area (Å²) in [6.07, 6.45) is 5.95. The molecule has 3 aromatic rings. The molecule has 0 unspecified atom stereocenters. The van der Waals surface area contributed by atoms with E-state index in [2.05, 4.69) is 43.7 Å². The number of rotatable bonds is 3. The van der Waals surface area contributed by atoms with E-state index < -0.39 is 0 Å². The first-order valence-electron chi connectivity index (χ1n) is 8.67. The minimum atomic E-state index is 0.243. The van der Waals surface area contributed by atoms with Crippen LogP contribution >= 0.6 is 0 Å². The SMILES string of the molecule is CCC(=O)N1CCN(c2cccc3c2ccn3-c2ccncn2)CC1. The second-order valence-corrected chi connectivity index (χ2v) is 6.18. The van der Waals surface area contributed by atoms with Crippen LogP contribution in [-0.2, 0) is 4.79 Å². The van der Waals surface area contributed by atoms with Gasteiger partial charge in [0.1, 0.15) is 12.1 Å². The summed E-state index contributed by atoms with van der Waals surface area (Å²) in [5.74, 6) is 1.10. The molecule has 1 amide bonds. The molecule has 25 heavy (non-hydrogen) atoms. The van der Waals surface area contributed by atoms with E-state index in [0.29, 0.717) is 6.42 Å². The summed E-state index contributed by atoms with van der Waals surface area (Å²) in [4.78, 5) is 24.5. The minimum absolute atomic E-state index is 0.243. The van der Waals surface area contributed by atoms with Gasteiger partial charge in [0.05, 0.1) is 5.52 Å². The lowest BCUT2D eigenvalue weighted by Crippen LogP contribution is -2.48. The smallest absolute Gasteiger partial charge is 0.222 e. The Hall–Kier alpha value is -2.89. The topological polar surface area (TPSA) is 54.3 Å². The maximum atomic E-state index is 11.9. The van der Waals surface area contributed by atoms with Crippen molar-refractivity contribution in [3.63, 3.8) is 0 Å². The Labute approximate surface area is 146 Å². The zero-order valence-corrected chi connectivity index (χ0v) is 14.3. The molecule has 1 saturated heterocycles. The molecule has 0 saturated carbocycles. The molecule has 3 heterocycles. The number of aromatic nitrogens is 3. The molecule has 0 N–H and O–H groups in total. The van der Waals surface area contributed by atoms with Crippen LogP contribution < -0.4 is 4.90 Å². The quantitative estimate of drug-likeness (QED) is 0.738. The molecule has 1 aliphatic heterocycles. The van der Waals surface area contributed by atoms with Crippen molar-refractivity contribution < 1.29 is 4.79 Å². The first kappa shape index (κ1) is 15.6. The van der Waals surface area contributed by atoms with Crippen LogP contribution in [0.2, 0.25) is 0 Å². The zero-order chi connectivity index (χ0) is 17.2. The van der Waals surface area contributed by atoms with Crippen molar-refractivity contribution in [1.29, 1.82) is 0 Å². The van der Waals surface area contributed by atoms with Crippen molar-refractivity contribution in [2.45, 2.75) is 13.3 Å². The highest BCUT2D eigenvalue weighted by Crippen LogP contribution is 2.29. The fraction of sp³-hybridized carbons (Fsp3) is 0.316. The van der Waals surface area contributed by atoms with Crippen LogP contribution in [0.4, 0.5) is 5.69 Å². The monoisotopic (exact) mass is 335 g/mol. The molecule has 1 aromatic carbocycles. The van der Waals surface area contributed by atoms with Gasteiger partial charge >= 0.3 is 0 Å². The third-order valence-corrected chi connectivity index (χ3v) is 4.80. The van der Waals surface area contributed by atoms with Crippen LogP contribution in [-0.4, -0.2) is 51.5 Å². The van der Waals surface area contributed by atoms with Crippen LogP contribution in [0.3, 0.4) is 0 Å². The van der Waals surface area contributed by atoms with Crippen molar-refractivity contribution in [1.82, 2.24) is 19.4 Å². The summed E-state index contributed by atoms with van der Waals surface area (Å²) >= 11 is 0. The number of piperazine rings is 1. The fourth-order valence-electron chi connectivity index (χ4n) is 3.47. The Morgan fingerprint density at radius 1 is 1.12 bits per heavy atom. The number of hydrogen-bond donors (Lipinski definition) is 0. The molecule has 6 nitrogen and oxygen atoms in total. The van der Waals surface area contributed by atoms with Crippen molar-refractivity contribution >= 4 is 22.5 Å². The second-order valence-electron chi connectivity index (χ2n) is 6.18. The predicted molar refractivity (Wildman–Crippen MR) is 97.9 cm³/mol. The van der Waals surface area contributed by atoms with Gasteiger partial charge in [0.2, 0.25) is 5.91 Å². The highest BCUT2D eigenvalue weighted by Gasteiger charge is 2.21. The van der Waals surface area contributed by atoms with Gasteiger partial charge in [-0.2, -0.15) is 0 Å². The molecule has 1 fully saturated rings. The zero-order valence-electron chi connectivity index (χ0n) is 14.3. The third kappa shape index (κ3) is 2.84.